The first-order chi connectivity index (χ1) is 7.19. The third kappa shape index (κ3) is 3.08. The van der Waals surface area contributed by atoms with E-state index in [2.05, 4.69) is 15.3 Å². The van der Waals surface area contributed by atoms with Gasteiger partial charge in [0.1, 0.15) is 5.82 Å². The van der Waals surface area contributed by atoms with Crippen LogP contribution >= 0.6 is 0 Å². The normalized spacial score (nSPS) is 14.6. The molecule has 84 valence electrons. The quantitative estimate of drug-likeness (QED) is 0.779. The lowest BCUT2D eigenvalue weighted by atomic mass is 10.1. The van der Waals surface area contributed by atoms with Crippen molar-refractivity contribution in [3.05, 3.63) is 18.2 Å². The van der Waals surface area contributed by atoms with Crippen LogP contribution < -0.4 is 5.32 Å². The highest BCUT2D eigenvalue weighted by molar-refractivity contribution is 5.78. The van der Waals surface area contributed by atoms with Crippen LogP contribution in [-0.2, 0) is 4.79 Å². The number of imidazole rings is 1. The van der Waals surface area contributed by atoms with Crippen LogP contribution in [0.1, 0.15) is 45.5 Å². The number of nitrogens with one attached hydrogen (secondary N) is 2. The fourth-order valence-electron chi connectivity index (χ4n) is 1.33. The van der Waals surface area contributed by atoms with Crippen LogP contribution in [0.25, 0.3) is 0 Å². The van der Waals surface area contributed by atoms with Gasteiger partial charge in [-0.2, -0.15) is 0 Å². The number of nitrogens with zero attached hydrogens (tertiary/aromatic N) is 1. The van der Waals surface area contributed by atoms with Crippen molar-refractivity contribution >= 4 is 5.91 Å². The molecule has 0 aliphatic heterocycles. The molecule has 0 saturated heterocycles. The van der Waals surface area contributed by atoms with Crippen LogP contribution in [0.4, 0.5) is 0 Å². The number of aromatic nitrogens is 2. The standard InChI is InChI=1S/C11H19N3O/c1-4-8(3)11(15)14-9(5-2)10-12-6-7-13-10/h6-9H,4-5H2,1-3H3,(H,12,13)(H,14,15). The van der Waals surface area contributed by atoms with Gasteiger partial charge >= 0.3 is 0 Å². The molecule has 0 aromatic carbocycles. The van der Waals surface area contributed by atoms with Crippen molar-refractivity contribution in [1.29, 1.82) is 0 Å². The molecule has 1 amide bonds. The average Bonchev–Trinajstić information content (AvgIpc) is 2.77. The summed E-state index contributed by atoms with van der Waals surface area (Å²) in [5, 5.41) is 2.99. The molecule has 0 saturated carbocycles. The predicted molar refractivity (Wildman–Crippen MR) is 59.2 cm³/mol. The predicted octanol–water partition coefficient (Wildman–Crippen LogP) is 2.02. The molecule has 1 heterocycles. The van der Waals surface area contributed by atoms with Gasteiger partial charge in [0.2, 0.25) is 5.91 Å². The van der Waals surface area contributed by atoms with Gasteiger partial charge < -0.3 is 10.3 Å². The molecule has 2 N–H and O–H groups in total. The first kappa shape index (κ1) is 11.8. The summed E-state index contributed by atoms with van der Waals surface area (Å²) in [6, 6.07) is 0.00139. The molecule has 1 aromatic heterocycles. The van der Waals surface area contributed by atoms with Gasteiger partial charge in [-0.3, -0.25) is 4.79 Å². The molecule has 2 atom stereocenters. The van der Waals surface area contributed by atoms with Gasteiger partial charge in [0, 0.05) is 18.3 Å². The van der Waals surface area contributed by atoms with Crippen LogP contribution in [0.2, 0.25) is 0 Å². The zero-order valence-corrected chi connectivity index (χ0v) is 9.58. The molecule has 2 unspecified atom stereocenters. The second kappa shape index (κ2) is 5.53. The van der Waals surface area contributed by atoms with Crippen molar-refractivity contribution in [2.24, 2.45) is 5.92 Å². The Morgan fingerprint density at radius 1 is 1.53 bits per heavy atom. The molecule has 0 fully saturated rings. The van der Waals surface area contributed by atoms with E-state index in [1.807, 2.05) is 20.8 Å². The molecule has 0 aliphatic rings. The van der Waals surface area contributed by atoms with Crippen LogP contribution in [0.15, 0.2) is 12.4 Å². The molecule has 0 bridgehead atoms. The van der Waals surface area contributed by atoms with E-state index in [1.54, 1.807) is 12.4 Å². The fraction of sp³-hybridized carbons (Fsp3) is 0.636. The Hall–Kier alpha value is -1.32. The first-order valence-corrected chi connectivity index (χ1v) is 5.48. The highest BCUT2D eigenvalue weighted by atomic mass is 16.1. The van der Waals surface area contributed by atoms with E-state index in [1.165, 1.54) is 0 Å². The SMILES string of the molecule is CCC(C)C(=O)NC(CC)c1ncc[nH]1. The lowest BCUT2D eigenvalue weighted by molar-refractivity contribution is -0.125. The molecule has 0 spiro atoms. The zero-order valence-electron chi connectivity index (χ0n) is 9.58. The monoisotopic (exact) mass is 209 g/mol. The van der Waals surface area contributed by atoms with Crippen molar-refractivity contribution in [3.63, 3.8) is 0 Å². The van der Waals surface area contributed by atoms with Crippen LogP contribution in [0, 0.1) is 5.92 Å². The van der Waals surface area contributed by atoms with Gasteiger partial charge in [0.15, 0.2) is 0 Å². The fourth-order valence-corrected chi connectivity index (χ4v) is 1.33. The molecule has 15 heavy (non-hydrogen) atoms. The van der Waals surface area contributed by atoms with Crippen LogP contribution in [-0.4, -0.2) is 15.9 Å². The number of hydrogen-bond donors (Lipinski definition) is 2. The zero-order chi connectivity index (χ0) is 11.3. The van der Waals surface area contributed by atoms with Gasteiger partial charge in [-0.05, 0) is 12.8 Å². The Bertz CT molecular complexity index is 295. The van der Waals surface area contributed by atoms with E-state index >= 15 is 0 Å². The Morgan fingerprint density at radius 2 is 2.27 bits per heavy atom. The van der Waals surface area contributed by atoms with E-state index in [4.69, 9.17) is 0 Å². The number of carbonyl (C=O) groups is 1. The number of carbonyl (C=O) groups excluding carboxylic acids is 1. The molecule has 0 aliphatic carbocycles. The summed E-state index contributed by atoms with van der Waals surface area (Å²) in [5.41, 5.74) is 0. The lowest BCUT2D eigenvalue weighted by Crippen LogP contribution is -2.32. The summed E-state index contributed by atoms with van der Waals surface area (Å²) in [7, 11) is 0. The van der Waals surface area contributed by atoms with Gasteiger partial charge in [0.25, 0.3) is 0 Å². The van der Waals surface area contributed by atoms with Crippen LogP contribution in [0.3, 0.4) is 0 Å². The van der Waals surface area contributed by atoms with Gasteiger partial charge in [0.05, 0.1) is 6.04 Å². The van der Waals surface area contributed by atoms with Gasteiger partial charge in [-0.15, -0.1) is 0 Å². The van der Waals surface area contributed by atoms with Crippen LogP contribution in [0.5, 0.6) is 0 Å². The summed E-state index contributed by atoms with van der Waals surface area (Å²) in [6.45, 7) is 5.98. The maximum atomic E-state index is 11.7. The van der Waals surface area contributed by atoms with Crippen molar-refractivity contribution in [1.82, 2.24) is 15.3 Å². The van der Waals surface area contributed by atoms with Crippen molar-refractivity contribution in [2.75, 3.05) is 0 Å². The largest absolute Gasteiger partial charge is 0.347 e. The molecular formula is C11H19N3O. The number of amides is 1. The second-order valence-electron chi connectivity index (χ2n) is 3.75. The number of rotatable bonds is 5. The van der Waals surface area contributed by atoms with E-state index in [9.17, 15) is 4.79 Å². The van der Waals surface area contributed by atoms with Crippen molar-refractivity contribution in [2.45, 2.75) is 39.7 Å². The smallest absolute Gasteiger partial charge is 0.223 e. The minimum Gasteiger partial charge on any atom is -0.347 e. The highest BCUT2D eigenvalue weighted by Crippen LogP contribution is 2.12. The van der Waals surface area contributed by atoms with Gasteiger partial charge in [-0.1, -0.05) is 20.8 Å². The summed E-state index contributed by atoms with van der Waals surface area (Å²) in [6.07, 6.45) is 5.18. The van der Waals surface area contributed by atoms with Crippen molar-refractivity contribution in [3.8, 4) is 0 Å². The minimum atomic E-state index is 0.00139. The molecule has 0 radical (unpaired) electrons. The molecule has 1 rings (SSSR count). The average molecular weight is 209 g/mol. The first-order valence-electron chi connectivity index (χ1n) is 5.48. The molecule has 4 nitrogen and oxygen atoms in total. The van der Waals surface area contributed by atoms with E-state index in [0.717, 1.165) is 18.7 Å². The Labute approximate surface area is 90.5 Å². The topological polar surface area (TPSA) is 57.8 Å². The summed E-state index contributed by atoms with van der Waals surface area (Å²) in [5.74, 6) is 0.990. The minimum absolute atomic E-state index is 0.00139. The van der Waals surface area contributed by atoms with E-state index < -0.39 is 0 Å². The summed E-state index contributed by atoms with van der Waals surface area (Å²) >= 11 is 0. The van der Waals surface area contributed by atoms with Gasteiger partial charge in [-0.25, -0.2) is 4.98 Å². The third-order valence-electron chi connectivity index (χ3n) is 2.63. The summed E-state index contributed by atoms with van der Waals surface area (Å²) in [4.78, 5) is 18.9. The number of hydrogen-bond acceptors (Lipinski definition) is 2. The number of aromatic amines is 1. The second-order valence-corrected chi connectivity index (χ2v) is 3.75. The van der Waals surface area contributed by atoms with Crippen molar-refractivity contribution < 1.29 is 4.79 Å². The lowest BCUT2D eigenvalue weighted by Gasteiger charge is -2.17. The third-order valence-corrected chi connectivity index (χ3v) is 2.63. The summed E-state index contributed by atoms with van der Waals surface area (Å²) < 4.78 is 0. The Kier molecular flexibility index (Phi) is 4.34. The maximum absolute atomic E-state index is 11.7. The molecule has 1 aromatic rings. The highest BCUT2D eigenvalue weighted by Gasteiger charge is 2.17. The number of H-pyrrole nitrogens is 1. The Morgan fingerprint density at radius 3 is 2.73 bits per heavy atom. The Balaban J connectivity index is 2.58. The molecular weight excluding hydrogens is 190 g/mol. The maximum Gasteiger partial charge on any atom is 0.223 e. The van der Waals surface area contributed by atoms with E-state index in [-0.39, 0.29) is 17.9 Å². The molecule has 4 heteroatoms. The van der Waals surface area contributed by atoms with E-state index in [0.29, 0.717) is 0 Å².